The van der Waals surface area contributed by atoms with E-state index in [9.17, 15) is 0 Å². The molecule has 5 nitrogen and oxygen atoms in total. The third-order valence-corrected chi connectivity index (χ3v) is 5.29. The molecular formula is C20H29ClN4O. The van der Waals surface area contributed by atoms with Crippen molar-refractivity contribution in [2.24, 2.45) is 0 Å². The summed E-state index contributed by atoms with van der Waals surface area (Å²) in [5.74, 6) is 2.39. The Morgan fingerprint density at radius 1 is 1.15 bits per heavy atom. The number of fused-ring (bicyclic) bond motifs is 1. The number of benzene rings is 1. The first-order valence-corrected chi connectivity index (χ1v) is 9.40. The second kappa shape index (κ2) is 7.67. The molecule has 0 unspecified atom stereocenters. The first-order valence-electron chi connectivity index (χ1n) is 9.40. The molecule has 6 heteroatoms. The van der Waals surface area contributed by atoms with Crippen LogP contribution in [-0.2, 0) is 10.3 Å². The van der Waals surface area contributed by atoms with Gasteiger partial charge in [-0.25, -0.2) is 9.67 Å². The van der Waals surface area contributed by atoms with Gasteiger partial charge in [0.1, 0.15) is 5.82 Å². The molecule has 1 aliphatic carbocycles. The number of ether oxygens (including phenoxy) is 1. The van der Waals surface area contributed by atoms with E-state index in [2.05, 4.69) is 42.9 Å². The second-order valence-electron chi connectivity index (χ2n) is 8.22. The maximum Gasteiger partial charge on any atom is 0.181 e. The standard InChI is InChI=1S/C20H28N4O.ClH/c1-20(2,3)24-19(22-18(23-24)14-7-5-4-6-8-14)15-9-10-17-16(13-15)21-11-12-25-17;/h4-8,15-17,21H,9-13H2,1-3H3;1H/t15-,16+,17+;/m0./s1. The van der Waals surface area contributed by atoms with Crippen molar-refractivity contribution in [2.75, 3.05) is 13.2 Å². The predicted octanol–water partition coefficient (Wildman–Crippen LogP) is 3.75. The van der Waals surface area contributed by atoms with E-state index in [0.717, 1.165) is 49.6 Å². The summed E-state index contributed by atoms with van der Waals surface area (Å²) < 4.78 is 8.08. The molecule has 0 radical (unpaired) electrons. The Bertz CT molecular complexity index is 725. The third-order valence-electron chi connectivity index (χ3n) is 5.29. The van der Waals surface area contributed by atoms with E-state index in [1.165, 1.54) is 0 Å². The average Bonchev–Trinajstić information content (AvgIpc) is 3.08. The highest BCUT2D eigenvalue weighted by atomic mass is 35.5. The topological polar surface area (TPSA) is 52.0 Å². The highest BCUT2D eigenvalue weighted by Crippen LogP contribution is 2.36. The summed E-state index contributed by atoms with van der Waals surface area (Å²) in [5.41, 5.74) is 1.00. The fourth-order valence-corrected chi connectivity index (χ4v) is 4.04. The average molecular weight is 377 g/mol. The van der Waals surface area contributed by atoms with Crippen LogP contribution < -0.4 is 5.32 Å². The maximum absolute atomic E-state index is 5.93. The molecule has 1 saturated heterocycles. The lowest BCUT2D eigenvalue weighted by Gasteiger charge is -2.40. The monoisotopic (exact) mass is 376 g/mol. The molecule has 4 rings (SSSR count). The number of aromatic nitrogens is 3. The van der Waals surface area contributed by atoms with Crippen molar-refractivity contribution in [1.82, 2.24) is 20.1 Å². The predicted molar refractivity (Wildman–Crippen MR) is 106 cm³/mol. The summed E-state index contributed by atoms with van der Waals surface area (Å²) >= 11 is 0. The molecule has 142 valence electrons. The Balaban J connectivity index is 0.00000196. The zero-order chi connectivity index (χ0) is 17.4. The van der Waals surface area contributed by atoms with Gasteiger partial charge in [0.25, 0.3) is 0 Å². The third kappa shape index (κ3) is 3.80. The van der Waals surface area contributed by atoms with E-state index >= 15 is 0 Å². The first-order chi connectivity index (χ1) is 12.0. The number of nitrogens with one attached hydrogen (secondary N) is 1. The van der Waals surface area contributed by atoms with Crippen LogP contribution in [0.25, 0.3) is 11.4 Å². The van der Waals surface area contributed by atoms with Crippen LogP contribution >= 0.6 is 12.4 Å². The van der Waals surface area contributed by atoms with E-state index < -0.39 is 0 Å². The van der Waals surface area contributed by atoms with Crippen molar-refractivity contribution < 1.29 is 4.74 Å². The van der Waals surface area contributed by atoms with Gasteiger partial charge in [0, 0.05) is 24.1 Å². The van der Waals surface area contributed by atoms with E-state index in [0.29, 0.717) is 18.1 Å². The molecule has 26 heavy (non-hydrogen) atoms. The molecule has 0 bridgehead atoms. The van der Waals surface area contributed by atoms with Crippen molar-refractivity contribution in [3.63, 3.8) is 0 Å². The minimum Gasteiger partial charge on any atom is -0.375 e. The van der Waals surface area contributed by atoms with Gasteiger partial charge in [-0.1, -0.05) is 30.3 Å². The van der Waals surface area contributed by atoms with E-state index in [-0.39, 0.29) is 17.9 Å². The van der Waals surface area contributed by atoms with Crippen molar-refractivity contribution in [2.45, 2.75) is 63.6 Å². The van der Waals surface area contributed by atoms with Crippen molar-refractivity contribution >= 4 is 12.4 Å². The molecule has 2 fully saturated rings. The molecule has 2 aliphatic rings. The van der Waals surface area contributed by atoms with E-state index in [1.54, 1.807) is 0 Å². The maximum atomic E-state index is 5.93. The van der Waals surface area contributed by atoms with Crippen LogP contribution in [0.1, 0.15) is 51.8 Å². The summed E-state index contributed by atoms with van der Waals surface area (Å²) in [5, 5.41) is 8.52. The zero-order valence-corrected chi connectivity index (χ0v) is 16.6. The van der Waals surface area contributed by atoms with Gasteiger partial charge in [0.15, 0.2) is 5.82 Å². The summed E-state index contributed by atoms with van der Waals surface area (Å²) in [6.07, 6.45) is 3.66. The number of hydrogen-bond acceptors (Lipinski definition) is 4. The van der Waals surface area contributed by atoms with Crippen LogP contribution in [0.15, 0.2) is 30.3 Å². The Hall–Kier alpha value is -1.43. The van der Waals surface area contributed by atoms with Gasteiger partial charge in [-0.3, -0.25) is 0 Å². The zero-order valence-electron chi connectivity index (χ0n) is 15.8. The van der Waals surface area contributed by atoms with Crippen molar-refractivity contribution in [3.8, 4) is 11.4 Å². The molecule has 0 amide bonds. The normalized spacial score (nSPS) is 26.0. The van der Waals surface area contributed by atoms with E-state index in [1.807, 2.05) is 18.2 Å². The highest BCUT2D eigenvalue weighted by molar-refractivity contribution is 5.85. The molecule has 1 saturated carbocycles. The smallest absolute Gasteiger partial charge is 0.181 e. The SMILES string of the molecule is CC(C)(C)n1nc(-c2ccccc2)nc1[C@H]1CC[C@H]2OCCN[C@@H]2C1.Cl. The number of halogens is 1. The van der Waals surface area contributed by atoms with Gasteiger partial charge in [-0.15, -0.1) is 12.4 Å². The van der Waals surface area contributed by atoms with Crippen LogP contribution in [-0.4, -0.2) is 40.1 Å². The lowest BCUT2D eigenvalue weighted by atomic mass is 9.82. The lowest BCUT2D eigenvalue weighted by molar-refractivity contribution is -0.0284. The van der Waals surface area contributed by atoms with Crippen LogP contribution in [0.5, 0.6) is 0 Å². The summed E-state index contributed by atoms with van der Waals surface area (Å²) in [6, 6.07) is 10.7. The fraction of sp³-hybridized carbons (Fsp3) is 0.600. The molecule has 1 N–H and O–H groups in total. The molecule has 1 aromatic heterocycles. The largest absolute Gasteiger partial charge is 0.375 e. The van der Waals surface area contributed by atoms with Crippen molar-refractivity contribution in [3.05, 3.63) is 36.2 Å². The number of nitrogens with zero attached hydrogens (tertiary/aromatic N) is 3. The molecule has 2 heterocycles. The Kier molecular flexibility index (Phi) is 5.70. The molecule has 0 spiro atoms. The Labute approximate surface area is 161 Å². The van der Waals surface area contributed by atoms with Gasteiger partial charge >= 0.3 is 0 Å². The van der Waals surface area contributed by atoms with Gasteiger partial charge in [-0.05, 0) is 40.0 Å². The van der Waals surface area contributed by atoms with Gasteiger partial charge in [0.05, 0.1) is 18.2 Å². The molecular weight excluding hydrogens is 348 g/mol. The van der Waals surface area contributed by atoms with Crippen LogP contribution in [0, 0.1) is 0 Å². The van der Waals surface area contributed by atoms with Gasteiger partial charge < -0.3 is 10.1 Å². The van der Waals surface area contributed by atoms with Crippen LogP contribution in [0.2, 0.25) is 0 Å². The number of morpholine rings is 1. The molecule has 1 aromatic carbocycles. The minimum atomic E-state index is -0.0806. The van der Waals surface area contributed by atoms with Gasteiger partial charge in [-0.2, -0.15) is 5.10 Å². The molecule has 3 atom stereocenters. The highest BCUT2D eigenvalue weighted by Gasteiger charge is 2.37. The molecule has 1 aliphatic heterocycles. The number of hydrogen-bond donors (Lipinski definition) is 1. The van der Waals surface area contributed by atoms with Crippen molar-refractivity contribution in [1.29, 1.82) is 0 Å². The minimum absolute atomic E-state index is 0. The fourth-order valence-electron chi connectivity index (χ4n) is 4.04. The number of rotatable bonds is 2. The summed E-state index contributed by atoms with van der Waals surface area (Å²) in [6.45, 7) is 8.39. The quantitative estimate of drug-likeness (QED) is 0.867. The first kappa shape index (κ1) is 19.3. The van der Waals surface area contributed by atoms with Gasteiger partial charge in [0.2, 0.25) is 0 Å². The van der Waals surface area contributed by atoms with Crippen LogP contribution in [0.4, 0.5) is 0 Å². The lowest BCUT2D eigenvalue weighted by Crippen LogP contribution is -2.51. The Morgan fingerprint density at radius 3 is 2.65 bits per heavy atom. The van der Waals surface area contributed by atoms with Crippen LogP contribution in [0.3, 0.4) is 0 Å². The molecule has 2 aromatic rings. The summed E-state index contributed by atoms with van der Waals surface area (Å²) in [7, 11) is 0. The van der Waals surface area contributed by atoms with E-state index in [4.69, 9.17) is 14.8 Å². The second-order valence-corrected chi connectivity index (χ2v) is 8.22. The Morgan fingerprint density at radius 2 is 1.92 bits per heavy atom. The summed E-state index contributed by atoms with van der Waals surface area (Å²) in [4.78, 5) is 4.99.